The molecule has 1 aromatic carbocycles. The SMILES string of the molecule is Cl.Fc1ccc(-c2cnc(C3CCNCC3)[nH]2)cc1C(F)(F)F. The number of nitrogens with one attached hydrogen (secondary N) is 2. The van der Waals surface area contributed by atoms with E-state index in [1.165, 1.54) is 12.3 Å². The Hall–Kier alpha value is -1.60. The van der Waals surface area contributed by atoms with Crippen molar-refractivity contribution in [3.05, 3.63) is 41.6 Å². The maximum Gasteiger partial charge on any atom is 0.419 e. The second kappa shape index (κ2) is 6.88. The number of aromatic nitrogens is 2. The van der Waals surface area contributed by atoms with E-state index in [2.05, 4.69) is 15.3 Å². The Morgan fingerprint density at radius 3 is 2.48 bits per heavy atom. The van der Waals surface area contributed by atoms with E-state index in [-0.39, 0.29) is 23.9 Å². The minimum Gasteiger partial charge on any atom is -0.342 e. The molecule has 1 aromatic heterocycles. The third kappa shape index (κ3) is 3.84. The number of rotatable bonds is 2. The first-order valence-corrected chi connectivity index (χ1v) is 7.08. The van der Waals surface area contributed by atoms with Gasteiger partial charge in [0.1, 0.15) is 11.6 Å². The smallest absolute Gasteiger partial charge is 0.342 e. The van der Waals surface area contributed by atoms with Gasteiger partial charge in [-0.05, 0) is 44.1 Å². The summed E-state index contributed by atoms with van der Waals surface area (Å²) in [5, 5.41) is 3.24. The molecule has 2 aromatic rings. The van der Waals surface area contributed by atoms with Crippen LogP contribution in [0.4, 0.5) is 17.6 Å². The van der Waals surface area contributed by atoms with Crippen LogP contribution in [0.1, 0.15) is 30.1 Å². The number of imidazole rings is 1. The predicted octanol–water partition coefficient (Wildman–Crippen LogP) is 4.12. The van der Waals surface area contributed by atoms with E-state index >= 15 is 0 Å². The van der Waals surface area contributed by atoms with Gasteiger partial charge in [-0.1, -0.05) is 0 Å². The van der Waals surface area contributed by atoms with Gasteiger partial charge in [0.15, 0.2) is 0 Å². The van der Waals surface area contributed by atoms with Gasteiger partial charge in [-0.25, -0.2) is 9.37 Å². The van der Waals surface area contributed by atoms with E-state index in [1.807, 2.05) is 0 Å². The van der Waals surface area contributed by atoms with Crippen molar-refractivity contribution in [1.82, 2.24) is 15.3 Å². The fraction of sp³-hybridized carbons (Fsp3) is 0.400. The number of benzene rings is 1. The maximum atomic E-state index is 13.3. The van der Waals surface area contributed by atoms with Crippen molar-refractivity contribution < 1.29 is 17.6 Å². The van der Waals surface area contributed by atoms with Gasteiger partial charge < -0.3 is 10.3 Å². The van der Waals surface area contributed by atoms with E-state index in [1.54, 1.807) is 0 Å². The summed E-state index contributed by atoms with van der Waals surface area (Å²) in [6.45, 7) is 1.80. The lowest BCUT2D eigenvalue weighted by molar-refractivity contribution is -0.139. The Kier molecular flexibility index (Phi) is 5.31. The number of alkyl halides is 3. The summed E-state index contributed by atoms with van der Waals surface area (Å²) in [6.07, 6.45) is -1.34. The minimum absolute atomic E-state index is 0. The molecular weight excluding hydrogens is 334 g/mol. The summed E-state index contributed by atoms with van der Waals surface area (Å²) in [6, 6.07) is 2.97. The van der Waals surface area contributed by atoms with Crippen molar-refractivity contribution >= 4 is 12.4 Å². The van der Waals surface area contributed by atoms with Gasteiger partial charge in [0.05, 0.1) is 17.5 Å². The van der Waals surface area contributed by atoms with Gasteiger partial charge in [0.2, 0.25) is 0 Å². The van der Waals surface area contributed by atoms with Gasteiger partial charge in [-0.15, -0.1) is 12.4 Å². The molecule has 0 unspecified atom stereocenters. The fourth-order valence-corrected chi connectivity index (χ4v) is 2.70. The number of H-pyrrole nitrogens is 1. The van der Waals surface area contributed by atoms with Gasteiger partial charge in [0.25, 0.3) is 0 Å². The molecule has 0 atom stereocenters. The molecule has 1 saturated heterocycles. The Morgan fingerprint density at radius 1 is 1.13 bits per heavy atom. The van der Waals surface area contributed by atoms with Crippen LogP contribution < -0.4 is 5.32 Å². The Balaban J connectivity index is 0.00000192. The van der Waals surface area contributed by atoms with Crippen LogP contribution in [0, 0.1) is 5.82 Å². The molecule has 8 heteroatoms. The Morgan fingerprint density at radius 2 is 1.83 bits per heavy atom. The zero-order valence-electron chi connectivity index (χ0n) is 12.1. The molecule has 0 aliphatic carbocycles. The third-order valence-electron chi connectivity index (χ3n) is 3.90. The number of nitrogens with zero attached hydrogens (tertiary/aromatic N) is 1. The van der Waals surface area contributed by atoms with Gasteiger partial charge in [-0.2, -0.15) is 13.2 Å². The van der Waals surface area contributed by atoms with E-state index < -0.39 is 17.6 Å². The summed E-state index contributed by atoms with van der Waals surface area (Å²) >= 11 is 0. The van der Waals surface area contributed by atoms with Crippen LogP contribution in [-0.4, -0.2) is 23.1 Å². The zero-order chi connectivity index (χ0) is 15.7. The highest BCUT2D eigenvalue weighted by Crippen LogP contribution is 2.34. The van der Waals surface area contributed by atoms with Crippen molar-refractivity contribution in [2.75, 3.05) is 13.1 Å². The first kappa shape index (κ1) is 17.7. The molecule has 0 bridgehead atoms. The molecule has 3 nitrogen and oxygen atoms in total. The summed E-state index contributed by atoms with van der Waals surface area (Å²) < 4.78 is 51.6. The zero-order valence-corrected chi connectivity index (χ0v) is 12.9. The van der Waals surface area contributed by atoms with Crippen LogP contribution in [0.3, 0.4) is 0 Å². The van der Waals surface area contributed by atoms with Gasteiger partial charge in [-0.3, -0.25) is 0 Å². The van der Waals surface area contributed by atoms with E-state index in [4.69, 9.17) is 0 Å². The van der Waals surface area contributed by atoms with E-state index in [9.17, 15) is 17.6 Å². The summed E-state index contributed by atoms with van der Waals surface area (Å²) in [4.78, 5) is 7.34. The van der Waals surface area contributed by atoms with Crippen LogP contribution in [0.15, 0.2) is 24.4 Å². The number of aromatic amines is 1. The lowest BCUT2D eigenvalue weighted by Gasteiger charge is -2.20. The van der Waals surface area contributed by atoms with Crippen molar-refractivity contribution in [1.29, 1.82) is 0 Å². The second-order valence-corrected chi connectivity index (χ2v) is 5.40. The van der Waals surface area contributed by atoms with Crippen LogP contribution >= 0.6 is 12.4 Å². The van der Waals surface area contributed by atoms with Crippen molar-refractivity contribution in [2.24, 2.45) is 0 Å². The first-order chi connectivity index (χ1) is 10.4. The quantitative estimate of drug-likeness (QED) is 0.801. The highest BCUT2D eigenvalue weighted by Gasteiger charge is 2.34. The second-order valence-electron chi connectivity index (χ2n) is 5.40. The number of piperidine rings is 1. The highest BCUT2D eigenvalue weighted by atomic mass is 35.5. The number of hydrogen-bond donors (Lipinski definition) is 2. The van der Waals surface area contributed by atoms with Crippen LogP contribution in [0.5, 0.6) is 0 Å². The van der Waals surface area contributed by atoms with Crippen molar-refractivity contribution in [3.8, 4) is 11.3 Å². The summed E-state index contributed by atoms with van der Waals surface area (Å²) in [5.74, 6) is -0.221. The largest absolute Gasteiger partial charge is 0.419 e. The summed E-state index contributed by atoms with van der Waals surface area (Å²) in [5.41, 5.74) is -0.511. The van der Waals surface area contributed by atoms with Gasteiger partial charge in [0, 0.05) is 11.5 Å². The molecule has 0 radical (unpaired) electrons. The molecule has 126 valence electrons. The molecule has 1 fully saturated rings. The number of hydrogen-bond acceptors (Lipinski definition) is 2. The molecule has 0 saturated carbocycles. The lowest BCUT2D eigenvalue weighted by atomic mass is 9.98. The van der Waals surface area contributed by atoms with E-state index in [0.29, 0.717) is 5.69 Å². The van der Waals surface area contributed by atoms with Crippen LogP contribution in [0.2, 0.25) is 0 Å². The lowest BCUT2D eigenvalue weighted by Crippen LogP contribution is -2.27. The average molecular weight is 350 g/mol. The molecular formula is C15H16ClF4N3. The minimum atomic E-state index is -4.71. The normalized spacial score (nSPS) is 16.2. The molecule has 0 amide bonds. The van der Waals surface area contributed by atoms with Gasteiger partial charge >= 0.3 is 6.18 Å². The Labute approximate surface area is 136 Å². The predicted molar refractivity (Wildman–Crippen MR) is 81.1 cm³/mol. The van der Waals surface area contributed by atoms with Crippen molar-refractivity contribution in [3.63, 3.8) is 0 Å². The van der Waals surface area contributed by atoms with E-state index in [0.717, 1.165) is 43.9 Å². The molecule has 3 rings (SSSR count). The molecule has 1 aliphatic heterocycles. The van der Waals surface area contributed by atoms with Crippen LogP contribution in [0.25, 0.3) is 11.3 Å². The molecule has 23 heavy (non-hydrogen) atoms. The molecule has 2 heterocycles. The van der Waals surface area contributed by atoms with Crippen LogP contribution in [-0.2, 0) is 6.18 Å². The molecule has 0 spiro atoms. The average Bonchev–Trinajstić information content (AvgIpc) is 2.97. The standard InChI is InChI=1S/C15H15F4N3.ClH/c16-12-2-1-10(7-11(12)15(17,18)19)13-8-21-14(22-13)9-3-5-20-6-4-9;/h1-2,7-9,20H,3-6H2,(H,21,22);1H. The van der Waals surface area contributed by atoms with Crippen molar-refractivity contribution in [2.45, 2.75) is 24.9 Å². The topological polar surface area (TPSA) is 40.7 Å². The highest BCUT2D eigenvalue weighted by molar-refractivity contribution is 5.85. The molecule has 1 aliphatic rings. The monoisotopic (exact) mass is 349 g/mol. The molecule has 2 N–H and O–H groups in total. The first-order valence-electron chi connectivity index (χ1n) is 7.08. The maximum absolute atomic E-state index is 13.3. The fourth-order valence-electron chi connectivity index (χ4n) is 2.70. The number of halogens is 5. The summed E-state index contributed by atoms with van der Waals surface area (Å²) in [7, 11) is 0. The Bertz CT molecular complexity index is 663. The third-order valence-corrected chi connectivity index (χ3v) is 3.90.